The van der Waals surface area contributed by atoms with Crippen LogP contribution in [0.25, 0.3) is 0 Å². The van der Waals surface area contributed by atoms with Crippen molar-refractivity contribution in [2.24, 2.45) is 0 Å². The fraction of sp³-hybridized carbons (Fsp3) is 0.409. The van der Waals surface area contributed by atoms with Gasteiger partial charge in [0, 0.05) is 55.7 Å². The number of nitrogens with zero attached hydrogens (tertiary/aromatic N) is 2. The largest absolute Gasteiger partial charge is 0.399 e. The molecule has 2 aromatic rings. The van der Waals surface area contributed by atoms with Crippen LogP contribution in [0.3, 0.4) is 0 Å². The number of nitrogen functional groups attached to an aromatic ring is 1. The fourth-order valence-electron chi connectivity index (χ4n) is 3.43. The number of nitrogens with one attached hydrogen (secondary N) is 1. The quantitative estimate of drug-likeness (QED) is 0.772. The third kappa shape index (κ3) is 5.23. The highest BCUT2D eigenvalue weighted by Gasteiger charge is 2.19. The van der Waals surface area contributed by atoms with Gasteiger partial charge in [0.2, 0.25) is 0 Å². The van der Waals surface area contributed by atoms with Crippen LogP contribution in [0.1, 0.15) is 29.8 Å². The predicted octanol–water partition coefficient (Wildman–Crippen LogP) is 2.77. The zero-order chi connectivity index (χ0) is 19.2. The number of nitrogens with two attached hydrogens (primary N) is 1. The number of hydrogen-bond acceptors (Lipinski definition) is 4. The second-order valence-corrected chi connectivity index (χ2v) is 7.41. The molecular formula is C22H30N4O. The van der Waals surface area contributed by atoms with Crippen LogP contribution in [0.2, 0.25) is 0 Å². The lowest BCUT2D eigenvalue weighted by Gasteiger charge is -2.38. The van der Waals surface area contributed by atoms with E-state index >= 15 is 0 Å². The van der Waals surface area contributed by atoms with Crippen LogP contribution in [0.15, 0.2) is 48.5 Å². The summed E-state index contributed by atoms with van der Waals surface area (Å²) in [6.45, 7) is 9.35. The SMILES string of the molecule is CC(C)N1CCN(c2ccc(C(=O)NCCc3ccc(N)cc3)cc2)CC1. The summed E-state index contributed by atoms with van der Waals surface area (Å²) in [7, 11) is 0. The second kappa shape index (κ2) is 8.91. The highest BCUT2D eigenvalue weighted by Crippen LogP contribution is 2.18. The minimum atomic E-state index is -0.0263. The minimum Gasteiger partial charge on any atom is -0.399 e. The molecule has 1 saturated heterocycles. The first-order valence-electron chi connectivity index (χ1n) is 9.74. The summed E-state index contributed by atoms with van der Waals surface area (Å²) in [6.07, 6.45) is 0.796. The van der Waals surface area contributed by atoms with Gasteiger partial charge < -0.3 is 16.0 Å². The van der Waals surface area contributed by atoms with Crippen LogP contribution in [0.4, 0.5) is 11.4 Å². The number of carbonyl (C=O) groups is 1. The first-order valence-corrected chi connectivity index (χ1v) is 9.74. The van der Waals surface area contributed by atoms with Gasteiger partial charge in [0.05, 0.1) is 0 Å². The van der Waals surface area contributed by atoms with Crippen molar-refractivity contribution in [2.45, 2.75) is 26.3 Å². The predicted molar refractivity (Wildman–Crippen MR) is 112 cm³/mol. The first kappa shape index (κ1) is 19.2. The van der Waals surface area contributed by atoms with Gasteiger partial charge in [-0.15, -0.1) is 0 Å². The Morgan fingerprint density at radius 1 is 1.00 bits per heavy atom. The molecule has 1 amide bonds. The molecule has 0 aliphatic carbocycles. The summed E-state index contributed by atoms with van der Waals surface area (Å²) in [6, 6.07) is 16.3. The van der Waals surface area contributed by atoms with Crippen molar-refractivity contribution < 1.29 is 4.79 Å². The van der Waals surface area contributed by atoms with Crippen molar-refractivity contribution in [2.75, 3.05) is 43.4 Å². The summed E-state index contributed by atoms with van der Waals surface area (Å²) in [5.74, 6) is -0.0263. The Morgan fingerprint density at radius 2 is 1.63 bits per heavy atom. The monoisotopic (exact) mass is 366 g/mol. The van der Waals surface area contributed by atoms with Gasteiger partial charge in [-0.1, -0.05) is 12.1 Å². The number of anilines is 2. The molecule has 27 heavy (non-hydrogen) atoms. The summed E-state index contributed by atoms with van der Waals surface area (Å²) >= 11 is 0. The van der Waals surface area contributed by atoms with E-state index in [0.29, 0.717) is 18.2 Å². The number of carbonyl (C=O) groups excluding carboxylic acids is 1. The number of amides is 1. The van der Waals surface area contributed by atoms with Gasteiger partial charge in [0.25, 0.3) is 5.91 Å². The van der Waals surface area contributed by atoms with Gasteiger partial charge in [0.15, 0.2) is 0 Å². The molecular weight excluding hydrogens is 336 g/mol. The Kier molecular flexibility index (Phi) is 6.35. The van der Waals surface area contributed by atoms with E-state index in [1.165, 1.54) is 11.3 Å². The third-order valence-electron chi connectivity index (χ3n) is 5.22. The lowest BCUT2D eigenvalue weighted by atomic mass is 10.1. The van der Waals surface area contributed by atoms with Crippen molar-refractivity contribution in [3.63, 3.8) is 0 Å². The van der Waals surface area contributed by atoms with E-state index in [4.69, 9.17) is 5.73 Å². The maximum atomic E-state index is 12.3. The molecule has 144 valence electrons. The number of piperazine rings is 1. The fourth-order valence-corrected chi connectivity index (χ4v) is 3.43. The number of hydrogen-bond donors (Lipinski definition) is 2. The molecule has 0 bridgehead atoms. The molecule has 3 rings (SSSR count). The Labute approximate surface area is 162 Å². The number of benzene rings is 2. The first-order chi connectivity index (χ1) is 13.0. The van der Waals surface area contributed by atoms with Gasteiger partial charge in [-0.2, -0.15) is 0 Å². The summed E-state index contributed by atoms with van der Waals surface area (Å²) in [4.78, 5) is 17.2. The van der Waals surface area contributed by atoms with E-state index in [-0.39, 0.29) is 5.91 Å². The molecule has 0 spiro atoms. The smallest absolute Gasteiger partial charge is 0.251 e. The Morgan fingerprint density at radius 3 is 2.22 bits per heavy atom. The summed E-state index contributed by atoms with van der Waals surface area (Å²) in [5.41, 5.74) is 9.51. The molecule has 0 atom stereocenters. The molecule has 5 nitrogen and oxygen atoms in total. The van der Waals surface area contributed by atoms with Crippen LogP contribution in [-0.2, 0) is 6.42 Å². The average molecular weight is 367 g/mol. The van der Waals surface area contributed by atoms with Crippen LogP contribution in [0, 0.1) is 0 Å². The van der Waals surface area contributed by atoms with E-state index in [2.05, 4.69) is 41.1 Å². The van der Waals surface area contributed by atoms with Crippen molar-refractivity contribution in [1.29, 1.82) is 0 Å². The Balaban J connectivity index is 1.48. The van der Waals surface area contributed by atoms with Crippen molar-refractivity contribution >= 4 is 17.3 Å². The molecule has 3 N–H and O–H groups in total. The second-order valence-electron chi connectivity index (χ2n) is 7.41. The summed E-state index contributed by atoms with van der Waals surface area (Å²) in [5, 5.41) is 2.99. The van der Waals surface area contributed by atoms with Crippen molar-refractivity contribution in [1.82, 2.24) is 10.2 Å². The molecule has 1 heterocycles. The van der Waals surface area contributed by atoms with Gasteiger partial charge in [-0.05, 0) is 62.2 Å². The Bertz CT molecular complexity index is 732. The topological polar surface area (TPSA) is 61.6 Å². The van der Waals surface area contributed by atoms with E-state index in [9.17, 15) is 4.79 Å². The van der Waals surface area contributed by atoms with Gasteiger partial charge >= 0.3 is 0 Å². The van der Waals surface area contributed by atoms with Crippen LogP contribution in [-0.4, -0.2) is 49.6 Å². The molecule has 5 heteroatoms. The maximum Gasteiger partial charge on any atom is 0.251 e. The maximum absolute atomic E-state index is 12.3. The van der Waals surface area contributed by atoms with Crippen molar-refractivity contribution in [3.05, 3.63) is 59.7 Å². The van der Waals surface area contributed by atoms with Crippen LogP contribution in [0.5, 0.6) is 0 Å². The van der Waals surface area contributed by atoms with E-state index in [0.717, 1.165) is 38.3 Å². The Hall–Kier alpha value is -2.53. The minimum absolute atomic E-state index is 0.0263. The van der Waals surface area contributed by atoms with E-state index in [1.54, 1.807) is 0 Å². The average Bonchev–Trinajstić information content (AvgIpc) is 2.69. The third-order valence-corrected chi connectivity index (χ3v) is 5.22. The molecule has 2 aromatic carbocycles. The normalized spacial score (nSPS) is 15.1. The molecule has 0 unspecified atom stereocenters. The van der Waals surface area contributed by atoms with Gasteiger partial charge in [-0.3, -0.25) is 9.69 Å². The molecule has 0 saturated carbocycles. The highest BCUT2D eigenvalue weighted by atomic mass is 16.1. The molecule has 0 aromatic heterocycles. The van der Waals surface area contributed by atoms with Crippen LogP contribution >= 0.6 is 0 Å². The zero-order valence-corrected chi connectivity index (χ0v) is 16.3. The number of rotatable bonds is 6. The molecule has 1 aliphatic heterocycles. The zero-order valence-electron chi connectivity index (χ0n) is 16.3. The molecule has 1 fully saturated rings. The van der Waals surface area contributed by atoms with Gasteiger partial charge in [0.1, 0.15) is 0 Å². The lowest BCUT2D eigenvalue weighted by Crippen LogP contribution is -2.48. The van der Waals surface area contributed by atoms with E-state index < -0.39 is 0 Å². The summed E-state index contributed by atoms with van der Waals surface area (Å²) < 4.78 is 0. The van der Waals surface area contributed by atoms with Gasteiger partial charge in [-0.25, -0.2) is 0 Å². The standard InChI is InChI=1S/C22H30N4O/c1-17(2)25-13-15-26(16-14-25)21-9-5-19(6-10-21)22(27)24-12-11-18-3-7-20(23)8-4-18/h3-10,17H,11-16,23H2,1-2H3,(H,24,27). The van der Waals surface area contributed by atoms with E-state index in [1.807, 2.05) is 36.4 Å². The van der Waals surface area contributed by atoms with Crippen molar-refractivity contribution in [3.8, 4) is 0 Å². The lowest BCUT2D eigenvalue weighted by molar-refractivity contribution is 0.0954. The highest BCUT2D eigenvalue weighted by molar-refractivity contribution is 5.94. The van der Waals surface area contributed by atoms with Crippen LogP contribution < -0.4 is 16.0 Å². The molecule has 0 radical (unpaired) electrons. The molecule has 1 aliphatic rings.